The molecule has 3 rings (SSSR count). The van der Waals surface area contributed by atoms with Crippen LogP contribution in [0.25, 0.3) is 0 Å². The Kier molecular flexibility index (Phi) is 4.46. The topological polar surface area (TPSA) is 53.9 Å². The summed E-state index contributed by atoms with van der Waals surface area (Å²) in [6.07, 6.45) is 6.22. The van der Waals surface area contributed by atoms with Crippen LogP contribution in [0.2, 0.25) is 0 Å². The van der Waals surface area contributed by atoms with E-state index in [4.69, 9.17) is 9.73 Å². The van der Waals surface area contributed by atoms with E-state index in [9.17, 15) is 4.79 Å². The molecule has 1 atom stereocenters. The van der Waals surface area contributed by atoms with E-state index < -0.39 is 6.17 Å². The molecule has 1 aromatic rings. The van der Waals surface area contributed by atoms with Crippen LogP contribution in [-0.2, 0) is 4.79 Å². The van der Waals surface area contributed by atoms with E-state index in [1.54, 1.807) is 0 Å². The maximum absolute atomic E-state index is 12.5. The predicted molar refractivity (Wildman–Crippen MR) is 90.1 cm³/mol. The van der Waals surface area contributed by atoms with Crippen LogP contribution in [0.3, 0.4) is 0 Å². The quantitative estimate of drug-likeness (QED) is 0.910. The van der Waals surface area contributed by atoms with Crippen molar-refractivity contribution in [3.8, 4) is 5.75 Å². The first-order valence-corrected chi connectivity index (χ1v) is 8.00. The summed E-state index contributed by atoms with van der Waals surface area (Å²) in [7, 11) is 0. The normalized spacial score (nSPS) is 19.7. The van der Waals surface area contributed by atoms with E-state index >= 15 is 0 Å². The molecule has 0 radical (unpaired) electrons. The monoisotopic (exact) mass is 311 g/mol. The second-order valence-electron chi connectivity index (χ2n) is 5.41. The molecule has 1 aromatic carbocycles. The molecule has 5 heteroatoms. The van der Waals surface area contributed by atoms with Crippen molar-refractivity contribution in [1.29, 1.82) is 0 Å². The molecule has 0 aromatic heterocycles. The van der Waals surface area contributed by atoms with Gasteiger partial charge in [0.1, 0.15) is 11.6 Å². The van der Waals surface area contributed by atoms with Crippen LogP contribution in [0.1, 0.15) is 32.0 Å². The van der Waals surface area contributed by atoms with Gasteiger partial charge >= 0.3 is 0 Å². The summed E-state index contributed by atoms with van der Waals surface area (Å²) >= 11 is 0. The van der Waals surface area contributed by atoms with E-state index in [2.05, 4.69) is 12.2 Å². The number of allylic oxidation sites excluding steroid dienone is 2. The van der Waals surface area contributed by atoms with Gasteiger partial charge in [-0.15, -0.1) is 0 Å². The average Bonchev–Trinajstić information content (AvgIpc) is 2.56. The summed E-state index contributed by atoms with van der Waals surface area (Å²) in [6.45, 7) is 5.46. The van der Waals surface area contributed by atoms with Crippen molar-refractivity contribution in [2.75, 3.05) is 13.2 Å². The number of hydrogen-bond donors (Lipinski definition) is 1. The smallest absolute Gasteiger partial charge is 0.256 e. The van der Waals surface area contributed by atoms with Crippen molar-refractivity contribution >= 4 is 11.7 Å². The number of hydrogen-bond acceptors (Lipinski definition) is 4. The van der Waals surface area contributed by atoms with Gasteiger partial charge in [-0.1, -0.05) is 25.1 Å². The molecule has 2 aliphatic heterocycles. The molecular weight excluding hydrogens is 290 g/mol. The van der Waals surface area contributed by atoms with E-state index in [0.717, 1.165) is 30.1 Å². The highest BCUT2D eigenvalue weighted by atomic mass is 16.5. The molecule has 2 aliphatic rings. The van der Waals surface area contributed by atoms with Crippen molar-refractivity contribution in [1.82, 2.24) is 10.2 Å². The first-order chi connectivity index (χ1) is 11.2. The molecule has 23 heavy (non-hydrogen) atoms. The van der Waals surface area contributed by atoms with Crippen LogP contribution in [0.4, 0.5) is 0 Å². The second kappa shape index (κ2) is 6.69. The molecule has 0 spiro atoms. The van der Waals surface area contributed by atoms with Gasteiger partial charge in [0.25, 0.3) is 5.91 Å². The Balaban J connectivity index is 1.99. The van der Waals surface area contributed by atoms with Gasteiger partial charge in [-0.2, -0.15) is 0 Å². The van der Waals surface area contributed by atoms with Crippen molar-refractivity contribution in [2.45, 2.75) is 26.4 Å². The minimum Gasteiger partial charge on any atom is -0.493 e. The number of aliphatic imine (C=N–C) groups is 1. The highest BCUT2D eigenvalue weighted by Crippen LogP contribution is 2.30. The minimum absolute atomic E-state index is 0.100. The Bertz CT molecular complexity index is 691. The van der Waals surface area contributed by atoms with Crippen molar-refractivity contribution < 1.29 is 9.53 Å². The molecule has 5 nitrogen and oxygen atoms in total. The molecule has 1 unspecified atom stereocenters. The van der Waals surface area contributed by atoms with Crippen LogP contribution in [-0.4, -0.2) is 29.8 Å². The Morgan fingerprint density at radius 3 is 2.91 bits per heavy atom. The Morgan fingerprint density at radius 1 is 1.30 bits per heavy atom. The van der Waals surface area contributed by atoms with Crippen LogP contribution >= 0.6 is 0 Å². The van der Waals surface area contributed by atoms with Gasteiger partial charge in [0.05, 0.1) is 12.2 Å². The van der Waals surface area contributed by atoms with Crippen LogP contribution < -0.4 is 10.1 Å². The molecule has 0 saturated heterocycles. The van der Waals surface area contributed by atoms with Gasteiger partial charge in [-0.25, -0.2) is 4.99 Å². The van der Waals surface area contributed by atoms with Gasteiger partial charge in [0, 0.05) is 18.3 Å². The largest absolute Gasteiger partial charge is 0.493 e. The number of fused-ring (bicyclic) bond motifs is 1. The van der Waals surface area contributed by atoms with Crippen LogP contribution in [0.15, 0.2) is 53.2 Å². The molecule has 1 N–H and O–H groups in total. The summed E-state index contributed by atoms with van der Waals surface area (Å²) in [5, 5.41) is 2.96. The predicted octanol–water partition coefficient (Wildman–Crippen LogP) is 2.78. The number of benzene rings is 1. The SMILES string of the molecule is CCCN1C=CC=C2C(=O)NC(c3ccccc3OCC)N=C21. The maximum Gasteiger partial charge on any atom is 0.256 e. The lowest BCUT2D eigenvalue weighted by atomic mass is 10.1. The number of amidine groups is 1. The van der Waals surface area contributed by atoms with Gasteiger partial charge < -0.3 is 15.0 Å². The zero-order valence-corrected chi connectivity index (χ0v) is 13.5. The lowest BCUT2D eigenvalue weighted by Crippen LogP contribution is -2.43. The van der Waals surface area contributed by atoms with E-state index in [0.29, 0.717) is 12.2 Å². The minimum atomic E-state index is -0.428. The van der Waals surface area contributed by atoms with Crippen molar-refractivity contribution in [3.05, 3.63) is 53.8 Å². The molecule has 0 saturated carbocycles. The first kappa shape index (κ1) is 15.3. The molecular formula is C18H21N3O2. The van der Waals surface area contributed by atoms with Crippen LogP contribution in [0, 0.1) is 0 Å². The standard InChI is InChI=1S/C18H21N3O2/c1-3-11-21-12-7-9-14-17(21)19-16(20-18(14)22)13-8-5-6-10-15(13)23-4-2/h5-10,12,16H,3-4,11H2,1-2H3,(H,20,22). The summed E-state index contributed by atoms with van der Waals surface area (Å²) in [6, 6.07) is 7.70. The zero-order chi connectivity index (χ0) is 16.2. The summed E-state index contributed by atoms with van der Waals surface area (Å²) < 4.78 is 5.67. The van der Waals surface area contributed by atoms with Crippen molar-refractivity contribution in [2.24, 2.45) is 4.99 Å². The highest BCUT2D eigenvalue weighted by Gasteiger charge is 2.31. The van der Waals surface area contributed by atoms with Gasteiger partial charge in [-0.05, 0) is 31.6 Å². The number of nitrogens with one attached hydrogen (secondary N) is 1. The summed E-state index contributed by atoms with van der Waals surface area (Å²) in [5.41, 5.74) is 1.49. The average molecular weight is 311 g/mol. The van der Waals surface area contributed by atoms with Crippen molar-refractivity contribution in [3.63, 3.8) is 0 Å². The highest BCUT2D eigenvalue weighted by molar-refractivity contribution is 6.22. The lowest BCUT2D eigenvalue weighted by molar-refractivity contribution is -0.118. The van der Waals surface area contributed by atoms with Gasteiger partial charge in [0.2, 0.25) is 0 Å². The molecule has 1 amide bonds. The number of ether oxygens (including phenoxy) is 1. The second-order valence-corrected chi connectivity index (χ2v) is 5.41. The van der Waals surface area contributed by atoms with E-state index in [1.807, 2.05) is 54.4 Å². The number of rotatable bonds is 5. The third-order valence-electron chi connectivity index (χ3n) is 3.78. The fourth-order valence-corrected chi connectivity index (χ4v) is 2.78. The third-order valence-corrected chi connectivity index (χ3v) is 3.78. The fourth-order valence-electron chi connectivity index (χ4n) is 2.78. The zero-order valence-electron chi connectivity index (χ0n) is 13.5. The van der Waals surface area contributed by atoms with Gasteiger partial charge in [-0.3, -0.25) is 4.79 Å². The molecule has 120 valence electrons. The molecule has 0 bridgehead atoms. The lowest BCUT2D eigenvalue weighted by Gasteiger charge is -2.32. The summed E-state index contributed by atoms with van der Waals surface area (Å²) in [5.74, 6) is 1.39. The molecule has 0 aliphatic carbocycles. The number of nitrogens with zero attached hydrogens (tertiary/aromatic N) is 2. The number of amides is 1. The van der Waals surface area contributed by atoms with Crippen LogP contribution in [0.5, 0.6) is 5.75 Å². The van der Waals surface area contributed by atoms with Gasteiger partial charge in [0.15, 0.2) is 6.17 Å². The summed E-state index contributed by atoms with van der Waals surface area (Å²) in [4.78, 5) is 19.3. The molecule has 0 fully saturated rings. The molecule has 2 heterocycles. The van der Waals surface area contributed by atoms with E-state index in [1.165, 1.54) is 0 Å². The third kappa shape index (κ3) is 2.99. The van der Waals surface area contributed by atoms with E-state index in [-0.39, 0.29) is 5.91 Å². The Hall–Kier alpha value is -2.56. The fraction of sp³-hybridized carbons (Fsp3) is 0.333. The number of para-hydroxylation sites is 1. The number of carbonyl (C=O) groups excluding carboxylic acids is 1. The number of carbonyl (C=O) groups is 1. The first-order valence-electron chi connectivity index (χ1n) is 8.00. The maximum atomic E-state index is 12.5. The Labute approximate surface area is 136 Å². The Morgan fingerprint density at radius 2 is 2.13 bits per heavy atom.